The summed E-state index contributed by atoms with van der Waals surface area (Å²) in [5.74, 6) is 0. The molecule has 0 spiro atoms. The molecule has 5 heteroatoms. The van der Waals surface area contributed by atoms with Crippen molar-refractivity contribution in [3.05, 3.63) is 34.9 Å². The lowest BCUT2D eigenvalue weighted by Gasteiger charge is -1.94. The van der Waals surface area contributed by atoms with Crippen molar-refractivity contribution in [3.63, 3.8) is 0 Å². The monoisotopic (exact) mass is 212 g/mol. The number of nitrogens with zero attached hydrogens (tertiary/aromatic N) is 1. The van der Waals surface area contributed by atoms with E-state index in [1.807, 2.05) is 0 Å². The first kappa shape index (κ1) is 10.5. The Kier molecular flexibility index (Phi) is 3.94. The van der Waals surface area contributed by atoms with Gasteiger partial charge < -0.3 is 5.32 Å². The van der Waals surface area contributed by atoms with Gasteiger partial charge in [-0.1, -0.05) is 28.9 Å². The summed E-state index contributed by atoms with van der Waals surface area (Å²) in [7, 11) is 1.46. The van der Waals surface area contributed by atoms with Crippen molar-refractivity contribution in [1.29, 1.82) is 0 Å². The van der Waals surface area contributed by atoms with Gasteiger partial charge in [0.15, 0.2) is 0 Å². The molecule has 0 saturated heterocycles. The molecule has 0 saturated carbocycles. The molecule has 1 amide bonds. The molecule has 1 rings (SSSR count). The van der Waals surface area contributed by atoms with Crippen molar-refractivity contribution in [1.82, 2.24) is 5.32 Å². The predicted octanol–water partition coefficient (Wildman–Crippen LogP) is 2.03. The Hall–Kier alpha value is -1.55. The summed E-state index contributed by atoms with van der Waals surface area (Å²) in [5.41, 5.74) is 0.804. The maximum Gasteiger partial charge on any atom is 0.433 e. The molecule has 0 fully saturated rings. The van der Waals surface area contributed by atoms with E-state index in [4.69, 9.17) is 11.6 Å². The molecular weight excluding hydrogens is 204 g/mol. The number of benzene rings is 1. The van der Waals surface area contributed by atoms with Crippen molar-refractivity contribution in [2.75, 3.05) is 7.05 Å². The molecule has 0 aliphatic heterocycles. The van der Waals surface area contributed by atoms with Crippen LogP contribution in [0.1, 0.15) is 5.56 Å². The van der Waals surface area contributed by atoms with Crippen molar-refractivity contribution in [2.24, 2.45) is 5.16 Å². The first-order valence-electron chi connectivity index (χ1n) is 3.90. The second-order valence-corrected chi connectivity index (χ2v) is 2.85. The fourth-order valence-corrected chi connectivity index (χ4v) is 0.856. The highest BCUT2D eigenvalue weighted by Crippen LogP contribution is 2.07. The average Bonchev–Trinajstić information content (AvgIpc) is 2.21. The van der Waals surface area contributed by atoms with Crippen LogP contribution in [-0.4, -0.2) is 19.4 Å². The van der Waals surface area contributed by atoms with Crippen LogP contribution in [-0.2, 0) is 4.84 Å². The maximum atomic E-state index is 10.6. The molecule has 0 radical (unpaired) electrons. The number of rotatable bonds is 2. The zero-order valence-corrected chi connectivity index (χ0v) is 8.28. The molecule has 0 aromatic heterocycles. The van der Waals surface area contributed by atoms with Gasteiger partial charge in [0, 0.05) is 12.1 Å². The maximum absolute atomic E-state index is 10.6. The van der Waals surface area contributed by atoms with Gasteiger partial charge in [0.2, 0.25) is 0 Å². The Morgan fingerprint density at radius 2 is 2.14 bits per heavy atom. The van der Waals surface area contributed by atoms with E-state index >= 15 is 0 Å². The minimum absolute atomic E-state index is 0.602. The molecule has 1 N–H and O–H groups in total. The van der Waals surface area contributed by atoms with Gasteiger partial charge in [-0.05, 0) is 17.7 Å². The number of oxime groups is 1. The first-order valence-corrected chi connectivity index (χ1v) is 4.28. The molecule has 0 aliphatic carbocycles. The predicted molar refractivity (Wildman–Crippen MR) is 54.6 cm³/mol. The van der Waals surface area contributed by atoms with Crippen molar-refractivity contribution >= 4 is 23.9 Å². The summed E-state index contributed by atoms with van der Waals surface area (Å²) in [6, 6.07) is 6.98. The van der Waals surface area contributed by atoms with Crippen LogP contribution in [0.2, 0.25) is 5.02 Å². The summed E-state index contributed by atoms with van der Waals surface area (Å²) in [6.45, 7) is 0. The van der Waals surface area contributed by atoms with Crippen LogP contribution >= 0.6 is 11.6 Å². The molecule has 4 nitrogen and oxygen atoms in total. The number of nitrogens with one attached hydrogen (secondary N) is 1. The Morgan fingerprint density at radius 1 is 1.50 bits per heavy atom. The average molecular weight is 213 g/mol. The van der Waals surface area contributed by atoms with Gasteiger partial charge >= 0.3 is 6.09 Å². The van der Waals surface area contributed by atoms with Gasteiger partial charge in [-0.25, -0.2) is 4.79 Å². The van der Waals surface area contributed by atoms with Crippen LogP contribution in [0.3, 0.4) is 0 Å². The Bertz CT molecular complexity index is 335. The second kappa shape index (κ2) is 5.24. The van der Waals surface area contributed by atoms with Crippen molar-refractivity contribution in [2.45, 2.75) is 0 Å². The first-order chi connectivity index (χ1) is 6.72. The molecular formula is C9H9ClN2O2. The van der Waals surface area contributed by atoms with E-state index < -0.39 is 6.09 Å². The number of halogens is 1. The number of hydrogen-bond acceptors (Lipinski definition) is 3. The van der Waals surface area contributed by atoms with E-state index in [-0.39, 0.29) is 0 Å². The molecule has 0 aliphatic rings. The normalized spacial score (nSPS) is 10.1. The standard InChI is InChI=1S/C9H9ClN2O2/c1-11-9(13)14-12-6-7-2-4-8(10)5-3-7/h2-6H,1H3,(H,11,13). The summed E-state index contributed by atoms with van der Waals surface area (Å²) in [4.78, 5) is 15.0. The number of carbonyl (C=O) groups excluding carboxylic acids is 1. The van der Waals surface area contributed by atoms with Crippen LogP contribution in [0.15, 0.2) is 29.4 Å². The third kappa shape index (κ3) is 3.45. The molecule has 0 atom stereocenters. The van der Waals surface area contributed by atoms with Crippen LogP contribution in [0, 0.1) is 0 Å². The lowest BCUT2D eigenvalue weighted by atomic mass is 10.2. The van der Waals surface area contributed by atoms with E-state index in [0.29, 0.717) is 5.02 Å². The third-order valence-corrected chi connectivity index (χ3v) is 1.66. The largest absolute Gasteiger partial charge is 0.433 e. The van der Waals surface area contributed by atoms with Crippen molar-refractivity contribution in [3.8, 4) is 0 Å². The summed E-state index contributed by atoms with van der Waals surface area (Å²) >= 11 is 5.68. The van der Waals surface area contributed by atoms with E-state index in [1.54, 1.807) is 24.3 Å². The zero-order valence-electron chi connectivity index (χ0n) is 7.53. The molecule has 1 aromatic rings. The fraction of sp³-hybridized carbons (Fsp3) is 0.111. The summed E-state index contributed by atoms with van der Waals surface area (Å²) in [6.07, 6.45) is 0.821. The highest BCUT2D eigenvalue weighted by molar-refractivity contribution is 6.30. The van der Waals surface area contributed by atoms with Gasteiger partial charge in [-0.3, -0.25) is 4.84 Å². The number of amides is 1. The minimum Gasteiger partial charge on any atom is -0.323 e. The SMILES string of the molecule is CNC(=O)ON=Cc1ccc(Cl)cc1. The van der Waals surface area contributed by atoms with Crippen LogP contribution in [0.4, 0.5) is 4.79 Å². The molecule has 0 unspecified atom stereocenters. The van der Waals surface area contributed by atoms with Gasteiger partial charge in [0.25, 0.3) is 0 Å². The summed E-state index contributed by atoms with van der Waals surface area (Å²) in [5, 5.41) is 6.37. The highest BCUT2D eigenvalue weighted by atomic mass is 35.5. The number of carbonyl (C=O) groups is 1. The summed E-state index contributed by atoms with van der Waals surface area (Å²) < 4.78 is 0. The molecule has 14 heavy (non-hydrogen) atoms. The zero-order chi connectivity index (χ0) is 10.4. The van der Waals surface area contributed by atoms with Crippen LogP contribution in [0.5, 0.6) is 0 Å². The van der Waals surface area contributed by atoms with E-state index in [9.17, 15) is 4.79 Å². The smallest absolute Gasteiger partial charge is 0.323 e. The quantitative estimate of drug-likeness (QED) is 0.463. The lowest BCUT2D eigenvalue weighted by molar-refractivity contribution is 0.154. The van der Waals surface area contributed by atoms with Crippen LogP contribution < -0.4 is 5.32 Å². The van der Waals surface area contributed by atoms with Gasteiger partial charge in [0.05, 0.1) is 6.21 Å². The Labute approximate surface area is 86.5 Å². The van der Waals surface area contributed by atoms with E-state index in [1.165, 1.54) is 13.3 Å². The molecule has 0 bridgehead atoms. The lowest BCUT2D eigenvalue weighted by Crippen LogP contribution is -2.16. The minimum atomic E-state index is -0.602. The third-order valence-electron chi connectivity index (χ3n) is 1.41. The van der Waals surface area contributed by atoms with Crippen molar-refractivity contribution < 1.29 is 9.63 Å². The molecule has 74 valence electrons. The number of hydrogen-bond donors (Lipinski definition) is 1. The Morgan fingerprint density at radius 3 is 2.71 bits per heavy atom. The van der Waals surface area contributed by atoms with E-state index in [2.05, 4.69) is 15.3 Å². The molecule has 0 heterocycles. The van der Waals surface area contributed by atoms with Gasteiger partial charge in [-0.15, -0.1) is 0 Å². The van der Waals surface area contributed by atoms with Crippen LogP contribution in [0.25, 0.3) is 0 Å². The van der Waals surface area contributed by atoms with Gasteiger partial charge in [0.1, 0.15) is 0 Å². The fourth-order valence-electron chi connectivity index (χ4n) is 0.730. The Balaban J connectivity index is 2.52. The van der Waals surface area contributed by atoms with Gasteiger partial charge in [-0.2, -0.15) is 0 Å². The molecule has 1 aromatic carbocycles. The topological polar surface area (TPSA) is 50.7 Å². The van der Waals surface area contributed by atoms with E-state index in [0.717, 1.165) is 5.56 Å². The second-order valence-electron chi connectivity index (χ2n) is 2.41. The highest BCUT2D eigenvalue weighted by Gasteiger charge is 1.93.